The van der Waals surface area contributed by atoms with Crippen molar-refractivity contribution < 1.29 is 9.90 Å². The summed E-state index contributed by atoms with van der Waals surface area (Å²) in [4.78, 5) is 10.6. The lowest BCUT2D eigenvalue weighted by Gasteiger charge is -2.13. The molecule has 0 aromatic heterocycles. The lowest BCUT2D eigenvalue weighted by atomic mass is 9.91. The van der Waals surface area contributed by atoms with Crippen molar-refractivity contribution >= 4 is 5.97 Å². The predicted octanol–water partition coefficient (Wildman–Crippen LogP) is 2.39. The summed E-state index contributed by atoms with van der Waals surface area (Å²) >= 11 is 0. The average molecular weight is 155 g/mol. The molecule has 1 radical (unpaired) electrons. The van der Waals surface area contributed by atoms with E-state index in [-0.39, 0.29) is 0 Å². The second kappa shape index (κ2) is 4.37. The molecule has 0 bridgehead atoms. The molecule has 1 N–H and O–H groups in total. The van der Waals surface area contributed by atoms with Crippen molar-refractivity contribution in [1.29, 1.82) is 0 Å². The molecule has 1 saturated carbocycles. The first kappa shape index (κ1) is 8.57. The van der Waals surface area contributed by atoms with Crippen LogP contribution in [0, 0.1) is 5.92 Å². The molecule has 0 aromatic rings. The zero-order valence-electron chi connectivity index (χ0n) is 6.81. The number of hydrogen-bond acceptors (Lipinski definition) is 1. The van der Waals surface area contributed by atoms with Gasteiger partial charge in [0, 0.05) is 0 Å². The molecule has 1 fully saturated rings. The van der Waals surface area contributed by atoms with Crippen molar-refractivity contribution in [3.05, 3.63) is 5.92 Å². The SMILES string of the molecule is O=C(O)[C]1CCCCCCC1. The first-order valence-electron chi connectivity index (χ1n) is 4.38. The zero-order valence-corrected chi connectivity index (χ0v) is 6.81. The Balaban J connectivity index is 2.32. The van der Waals surface area contributed by atoms with E-state index >= 15 is 0 Å². The van der Waals surface area contributed by atoms with Gasteiger partial charge in [-0.3, -0.25) is 4.79 Å². The predicted molar refractivity (Wildman–Crippen MR) is 43.2 cm³/mol. The summed E-state index contributed by atoms with van der Waals surface area (Å²) in [6, 6.07) is 0. The van der Waals surface area contributed by atoms with E-state index in [1.165, 1.54) is 19.3 Å². The Labute approximate surface area is 67.6 Å². The van der Waals surface area contributed by atoms with Gasteiger partial charge in [-0.05, 0) is 12.8 Å². The molecule has 1 aliphatic carbocycles. The normalized spacial score (nSPS) is 22.2. The van der Waals surface area contributed by atoms with Crippen molar-refractivity contribution in [2.45, 2.75) is 44.9 Å². The Morgan fingerprint density at radius 1 is 1.00 bits per heavy atom. The highest BCUT2D eigenvalue weighted by Gasteiger charge is 2.18. The van der Waals surface area contributed by atoms with E-state index in [0.29, 0.717) is 0 Å². The number of rotatable bonds is 1. The van der Waals surface area contributed by atoms with Crippen LogP contribution in [0.1, 0.15) is 44.9 Å². The quantitative estimate of drug-likeness (QED) is 0.631. The number of carboxylic acid groups (broad SMARTS) is 1. The smallest absolute Gasteiger partial charge is 0.310 e. The number of aliphatic carboxylic acids is 1. The summed E-state index contributed by atoms with van der Waals surface area (Å²) in [6.07, 6.45) is 7.47. The fourth-order valence-corrected chi connectivity index (χ4v) is 1.55. The third-order valence-corrected chi connectivity index (χ3v) is 2.26. The molecule has 0 unspecified atom stereocenters. The van der Waals surface area contributed by atoms with Crippen molar-refractivity contribution in [2.24, 2.45) is 0 Å². The summed E-state index contributed by atoms with van der Waals surface area (Å²) < 4.78 is 0. The standard InChI is InChI=1S/C9H15O2/c10-9(11)8-6-4-2-1-3-5-7-8/h1-7H2,(H,10,11). The van der Waals surface area contributed by atoms with Crippen LogP contribution in [0.4, 0.5) is 0 Å². The Morgan fingerprint density at radius 2 is 1.45 bits per heavy atom. The van der Waals surface area contributed by atoms with E-state index in [1.807, 2.05) is 0 Å². The van der Waals surface area contributed by atoms with Gasteiger partial charge in [0.2, 0.25) is 0 Å². The Bertz CT molecular complexity index is 124. The molecule has 0 aromatic carbocycles. The van der Waals surface area contributed by atoms with Gasteiger partial charge in [0.25, 0.3) is 0 Å². The maximum Gasteiger partial charge on any atom is 0.310 e. The summed E-state index contributed by atoms with van der Waals surface area (Å²) in [5, 5.41) is 8.72. The van der Waals surface area contributed by atoms with Gasteiger partial charge in [-0.25, -0.2) is 0 Å². The van der Waals surface area contributed by atoms with Gasteiger partial charge in [0.15, 0.2) is 0 Å². The molecule has 0 spiro atoms. The zero-order chi connectivity index (χ0) is 8.10. The molecule has 0 amide bonds. The monoisotopic (exact) mass is 155 g/mol. The molecule has 0 heterocycles. The Hall–Kier alpha value is -0.530. The second-order valence-corrected chi connectivity index (χ2v) is 3.18. The van der Waals surface area contributed by atoms with E-state index in [0.717, 1.165) is 31.6 Å². The maximum absolute atomic E-state index is 10.6. The lowest BCUT2D eigenvalue weighted by molar-refractivity contribution is -0.135. The van der Waals surface area contributed by atoms with Crippen LogP contribution in [0.25, 0.3) is 0 Å². The Morgan fingerprint density at radius 3 is 1.91 bits per heavy atom. The van der Waals surface area contributed by atoms with Crippen molar-refractivity contribution in [2.75, 3.05) is 0 Å². The van der Waals surface area contributed by atoms with Gasteiger partial charge >= 0.3 is 5.97 Å². The van der Waals surface area contributed by atoms with E-state index in [2.05, 4.69) is 0 Å². The van der Waals surface area contributed by atoms with Crippen LogP contribution in [-0.2, 0) is 4.79 Å². The minimum atomic E-state index is -0.674. The first-order valence-corrected chi connectivity index (χ1v) is 4.38. The number of hydrogen-bond donors (Lipinski definition) is 1. The minimum absolute atomic E-state index is 0.674. The van der Waals surface area contributed by atoms with Gasteiger partial charge in [-0.15, -0.1) is 0 Å². The highest BCUT2D eigenvalue weighted by Crippen LogP contribution is 2.23. The van der Waals surface area contributed by atoms with Gasteiger partial charge in [0.05, 0.1) is 5.92 Å². The maximum atomic E-state index is 10.6. The second-order valence-electron chi connectivity index (χ2n) is 3.18. The van der Waals surface area contributed by atoms with Crippen LogP contribution in [0.3, 0.4) is 0 Å². The van der Waals surface area contributed by atoms with Crippen LogP contribution in [-0.4, -0.2) is 11.1 Å². The highest BCUT2D eigenvalue weighted by molar-refractivity contribution is 5.82. The van der Waals surface area contributed by atoms with Crippen molar-refractivity contribution in [3.8, 4) is 0 Å². The van der Waals surface area contributed by atoms with Crippen LogP contribution in [0.5, 0.6) is 0 Å². The van der Waals surface area contributed by atoms with E-state index < -0.39 is 5.97 Å². The van der Waals surface area contributed by atoms with E-state index in [1.54, 1.807) is 0 Å². The minimum Gasteiger partial charge on any atom is -0.481 e. The van der Waals surface area contributed by atoms with Crippen molar-refractivity contribution in [3.63, 3.8) is 0 Å². The molecule has 2 nitrogen and oxygen atoms in total. The third-order valence-electron chi connectivity index (χ3n) is 2.26. The van der Waals surface area contributed by atoms with Gasteiger partial charge in [-0.1, -0.05) is 32.1 Å². The van der Waals surface area contributed by atoms with E-state index in [4.69, 9.17) is 5.11 Å². The average Bonchev–Trinajstić information content (AvgIpc) is 1.84. The molecule has 2 heteroatoms. The molecule has 0 saturated heterocycles. The molecular weight excluding hydrogens is 140 g/mol. The topological polar surface area (TPSA) is 37.3 Å². The van der Waals surface area contributed by atoms with E-state index in [9.17, 15) is 4.79 Å². The molecule has 0 aliphatic heterocycles. The molecule has 11 heavy (non-hydrogen) atoms. The molecule has 0 atom stereocenters. The summed E-state index contributed by atoms with van der Waals surface area (Å²) in [6.45, 7) is 0. The van der Waals surface area contributed by atoms with Crippen LogP contribution >= 0.6 is 0 Å². The number of carbonyl (C=O) groups is 1. The van der Waals surface area contributed by atoms with Crippen LogP contribution < -0.4 is 0 Å². The third kappa shape index (κ3) is 2.91. The van der Waals surface area contributed by atoms with Crippen LogP contribution in [0.2, 0.25) is 0 Å². The summed E-state index contributed by atoms with van der Waals surface area (Å²) in [7, 11) is 0. The van der Waals surface area contributed by atoms with Crippen LogP contribution in [0.15, 0.2) is 0 Å². The lowest BCUT2D eigenvalue weighted by Crippen LogP contribution is -2.12. The molecule has 1 aliphatic rings. The molecule has 63 valence electrons. The summed E-state index contributed by atoms with van der Waals surface area (Å²) in [5.41, 5.74) is 0. The van der Waals surface area contributed by atoms with Gasteiger partial charge < -0.3 is 5.11 Å². The summed E-state index contributed by atoms with van der Waals surface area (Å²) in [5.74, 6) is 0.0663. The highest BCUT2D eigenvalue weighted by atomic mass is 16.4. The fraction of sp³-hybridized carbons (Fsp3) is 0.778. The van der Waals surface area contributed by atoms with Gasteiger partial charge in [0.1, 0.15) is 0 Å². The fourth-order valence-electron chi connectivity index (χ4n) is 1.55. The number of carboxylic acids is 1. The Kier molecular flexibility index (Phi) is 3.40. The first-order chi connectivity index (χ1) is 5.30. The molecule has 1 rings (SSSR count). The largest absolute Gasteiger partial charge is 0.481 e. The van der Waals surface area contributed by atoms with Gasteiger partial charge in [-0.2, -0.15) is 0 Å². The van der Waals surface area contributed by atoms with Crippen molar-refractivity contribution in [1.82, 2.24) is 0 Å². The molecular formula is C9H15O2.